The predicted octanol–water partition coefficient (Wildman–Crippen LogP) is 37.3. The van der Waals surface area contributed by atoms with E-state index >= 15 is 0 Å². The van der Waals surface area contributed by atoms with Gasteiger partial charge >= 0.3 is 0 Å². The smallest absolute Gasteiger partial charge is 0.0991 e. The van der Waals surface area contributed by atoms with Crippen LogP contribution in [0.3, 0.4) is 0 Å². The minimum Gasteiger partial charge on any atom is -0.309 e. The molecule has 0 amide bonds. The number of hydrogen-bond donors (Lipinski definition) is 0. The summed E-state index contributed by atoms with van der Waals surface area (Å²) in [5.41, 5.74) is 37.7. The number of nitriles is 1. The Balaban J connectivity index is 0.000000105. The number of aromatic nitrogens is 7. The molecule has 0 unspecified atom stereocenters. The molecule has 8 heterocycles. The highest BCUT2D eigenvalue weighted by molar-refractivity contribution is 7.26. The third-order valence-electron chi connectivity index (χ3n) is 30.3. The molecule has 0 saturated carbocycles. The molecule has 148 heavy (non-hydrogen) atoms. The van der Waals surface area contributed by atoms with Crippen molar-refractivity contribution in [1.29, 1.82) is 5.26 Å². The quantitative estimate of drug-likeness (QED) is 0.120. The fraction of sp³-hybridized carbons (Fsp3) is 0. The lowest BCUT2D eigenvalue weighted by Gasteiger charge is -2.11. The Hall–Kier alpha value is -19.6. The number of hydrogen-bond acceptors (Lipinski definition) is 2. The van der Waals surface area contributed by atoms with E-state index in [2.05, 4.69) is 548 Å². The molecule has 0 aliphatic carbocycles. The molecule has 31 aromatic rings. The summed E-state index contributed by atoms with van der Waals surface area (Å²) < 4.78 is 19.3. The average molecular weight is 1900 g/mol. The molecule has 0 atom stereocenters. The topological polar surface area (TPSA) is 58.3 Å². The van der Waals surface area contributed by atoms with E-state index in [0.29, 0.717) is 5.56 Å². The third kappa shape index (κ3) is 13.9. The van der Waals surface area contributed by atoms with Crippen LogP contribution in [0.1, 0.15) is 5.56 Å². The number of thiophene rings is 1. The first-order valence-electron chi connectivity index (χ1n) is 50.5. The van der Waals surface area contributed by atoms with Crippen molar-refractivity contribution in [3.63, 3.8) is 0 Å². The molecule has 0 bridgehead atoms. The van der Waals surface area contributed by atoms with Crippen molar-refractivity contribution >= 4 is 184 Å². The number of rotatable bonds is 12. The fourth-order valence-corrected chi connectivity index (χ4v) is 24.8. The molecule has 690 valence electrons. The van der Waals surface area contributed by atoms with Crippen molar-refractivity contribution in [3.05, 3.63) is 539 Å². The maximum atomic E-state index is 9.34. The zero-order valence-corrected chi connectivity index (χ0v) is 81.1. The summed E-state index contributed by atoms with van der Waals surface area (Å²) in [6, 6.07) is 195. The summed E-state index contributed by atoms with van der Waals surface area (Å²) in [4.78, 5) is 0. The molecule has 31 rings (SSSR count). The van der Waals surface area contributed by atoms with Crippen molar-refractivity contribution in [2.75, 3.05) is 0 Å². The van der Waals surface area contributed by atoms with Crippen LogP contribution in [0.15, 0.2) is 534 Å². The van der Waals surface area contributed by atoms with Crippen LogP contribution in [0.25, 0.3) is 268 Å². The number of para-hydroxylation sites is 9. The average Bonchev–Trinajstić information content (AvgIpc) is 1.56. The Morgan fingerprint density at radius 1 is 0.142 bits per heavy atom. The number of fused-ring (bicyclic) bond motifs is 24. The summed E-state index contributed by atoms with van der Waals surface area (Å²) in [6.45, 7) is 0. The fourth-order valence-electron chi connectivity index (χ4n) is 23.6. The Bertz CT molecular complexity index is 10600. The molecular weight excluding hydrogens is 1810 g/mol. The second kappa shape index (κ2) is 34.9. The van der Waals surface area contributed by atoms with Crippen LogP contribution >= 0.6 is 11.3 Å². The van der Waals surface area contributed by atoms with Crippen LogP contribution in [-0.2, 0) is 0 Å². The molecule has 0 N–H and O–H groups in total. The van der Waals surface area contributed by atoms with E-state index in [1.807, 2.05) is 35.6 Å². The summed E-state index contributed by atoms with van der Waals surface area (Å²) in [6.07, 6.45) is 0. The van der Waals surface area contributed by atoms with Crippen LogP contribution < -0.4 is 0 Å². The van der Waals surface area contributed by atoms with Crippen LogP contribution in [0.4, 0.5) is 0 Å². The van der Waals surface area contributed by atoms with Gasteiger partial charge in [-0.3, -0.25) is 0 Å². The Morgan fingerprint density at radius 3 is 0.682 bits per heavy atom. The highest BCUT2D eigenvalue weighted by Crippen LogP contribution is 2.48. The predicted molar refractivity (Wildman–Crippen MR) is 624 cm³/mol. The van der Waals surface area contributed by atoms with Gasteiger partial charge in [0, 0.05) is 125 Å². The van der Waals surface area contributed by atoms with E-state index in [1.54, 1.807) is 0 Å². The number of benzene rings is 23. The standard InChI is InChI=1S/C48H31N3.C48H32N2.C43H25N3S/c1-3-13-34(14-4-1)49-43-20-10-7-17-37(43)40-29-32(23-26-46(40)49)33-24-27-47-41(30-33)38-18-8-12-22-45(38)51(47)36-25-28-48-42(31-36)39-19-9-11-21-44(39)50(48)35-15-5-2-6-16-35;1-3-11-33(12-4-1)35-19-25-39(26-20-35)49-45-17-9-7-15-41(45)43-31-37(23-29-47(43)49)38-24-30-48-44(32-38)42-16-8-10-18-46(42)50(48)40-27-21-36(22-28-40)34-13-5-2-6-14-34;44-26-27-16-20-30(21-17-27)45-37-12-4-1-8-31(37)35-24-28(18-22-39(35)45)29-19-23-40-36(25-29)32-9-2-5-13-38(32)46(40)41-14-7-11-34-33-10-3-6-15-42(33)47-43(34)41/h1-31H;1-32H;1-25H. The van der Waals surface area contributed by atoms with Crippen molar-refractivity contribution in [3.8, 4) is 102 Å². The van der Waals surface area contributed by atoms with E-state index in [-0.39, 0.29) is 0 Å². The lowest BCUT2D eigenvalue weighted by Crippen LogP contribution is -1.95. The Kier molecular flexibility index (Phi) is 20.1. The highest BCUT2D eigenvalue weighted by Gasteiger charge is 2.25. The van der Waals surface area contributed by atoms with Crippen LogP contribution in [0.2, 0.25) is 0 Å². The Morgan fingerprint density at radius 2 is 0.358 bits per heavy atom. The molecule has 0 aliphatic rings. The third-order valence-corrected chi connectivity index (χ3v) is 31.5. The zero-order chi connectivity index (χ0) is 97.5. The van der Waals surface area contributed by atoms with Crippen LogP contribution in [-0.4, -0.2) is 32.0 Å². The normalized spacial score (nSPS) is 11.8. The zero-order valence-electron chi connectivity index (χ0n) is 80.3. The lowest BCUT2D eigenvalue weighted by atomic mass is 10.0. The van der Waals surface area contributed by atoms with Crippen molar-refractivity contribution < 1.29 is 0 Å². The van der Waals surface area contributed by atoms with Gasteiger partial charge in [0.2, 0.25) is 0 Å². The minimum atomic E-state index is 0.661. The molecule has 0 saturated heterocycles. The van der Waals surface area contributed by atoms with Gasteiger partial charge in [0.05, 0.1) is 99.3 Å². The largest absolute Gasteiger partial charge is 0.309 e. The monoisotopic (exact) mass is 1900 g/mol. The van der Waals surface area contributed by atoms with Gasteiger partial charge in [-0.25, -0.2) is 0 Å². The maximum absolute atomic E-state index is 9.34. The molecule has 8 aromatic heterocycles. The summed E-state index contributed by atoms with van der Waals surface area (Å²) in [5, 5.41) is 29.4. The summed E-state index contributed by atoms with van der Waals surface area (Å²) in [7, 11) is 0. The minimum absolute atomic E-state index is 0.661. The van der Waals surface area contributed by atoms with Gasteiger partial charge in [-0.05, 0) is 274 Å². The van der Waals surface area contributed by atoms with Crippen molar-refractivity contribution in [1.82, 2.24) is 32.0 Å². The maximum Gasteiger partial charge on any atom is 0.0991 e. The van der Waals surface area contributed by atoms with Crippen molar-refractivity contribution in [2.24, 2.45) is 0 Å². The van der Waals surface area contributed by atoms with E-state index in [1.165, 1.54) is 234 Å². The lowest BCUT2D eigenvalue weighted by molar-refractivity contribution is 1.17. The van der Waals surface area contributed by atoms with Gasteiger partial charge < -0.3 is 32.0 Å². The summed E-state index contributed by atoms with van der Waals surface area (Å²) in [5.74, 6) is 0. The van der Waals surface area contributed by atoms with Gasteiger partial charge in [-0.2, -0.15) is 5.26 Å². The molecule has 8 nitrogen and oxygen atoms in total. The Labute approximate surface area is 855 Å². The van der Waals surface area contributed by atoms with Crippen molar-refractivity contribution in [2.45, 2.75) is 0 Å². The number of nitrogens with zero attached hydrogens (tertiary/aromatic N) is 8. The first-order valence-corrected chi connectivity index (χ1v) is 51.3. The van der Waals surface area contributed by atoms with Gasteiger partial charge in [0.15, 0.2) is 0 Å². The molecule has 9 heteroatoms. The first kappa shape index (κ1) is 85.2. The second-order valence-electron chi connectivity index (χ2n) is 38.5. The first-order chi connectivity index (χ1) is 73.4. The second-order valence-corrected chi connectivity index (χ2v) is 39.5. The molecule has 0 fully saturated rings. The summed E-state index contributed by atoms with van der Waals surface area (Å²) >= 11 is 1.87. The molecular formula is C139H88N8S. The van der Waals surface area contributed by atoms with Crippen LogP contribution in [0, 0.1) is 11.3 Å². The highest BCUT2D eigenvalue weighted by atomic mass is 32.1. The van der Waals surface area contributed by atoms with E-state index in [9.17, 15) is 5.26 Å². The molecule has 0 spiro atoms. The molecule has 0 radical (unpaired) electrons. The van der Waals surface area contributed by atoms with Gasteiger partial charge in [-0.1, -0.05) is 315 Å². The molecule has 0 aliphatic heterocycles. The van der Waals surface area contributed by atoms with Crippen LogP contribution in [0.5, 0.6) is 0 Å². The van der Waals surface area contributed by atoms with Gasteiger partial charge in [0.25, 0.3) is 0 Å². The van der Waals surface area contributed by atoms with Gasteiger partial charge in [0.1, 0.15) is 0 Å². The van der Waals surface area contributed by atoms with E-state index in [0.717, 1.165) is 33.8 Å². The van der Waals surface area contributed by atoms with Gasteiger partial charge in [-0.15, -0.1) is 11.3 Å². The SMILES string of the molecule is N#Cc1ccc(-n2c3ccccc3c3cc(-c4ccc5c(c4)c4ccccc4n5-c4cccc5c4sc4ccccc45)ccc32)cc1.c1ccc(-c2ccc(-n3c4ccccc4c4cc(-c5ccc6c(c5)c5ccccc5n6-c5ccc(-c6ccccc6)cc5)ccc43)cc2)cc1.c1ccc(-n2c3ccccc3c3cc(-c4ccc5c(c4)c4ccccc4n5-c4ccc5c(c4)c4ccccc4n5-c4ccccc4)ccc32)cc1. The van der Waals surface area contributed by atoms with E-state index in [4.69, 9.17) is 0 Å². The van der Waals surface area contributed by atoms with E-state index < -0.39 is 0 Å². The molecule has 23 aromatic carbocycles.